The van der Waals surface area contributed by atoms with Gasteiger partial charge in [0.1, 0.15) is 11.9 Å². The predicted octanol–water partition coefficient (Wildman–Crippen LogP) is 7.99. The van der Waals surface area contributed by atoms with Crippen molar-refractivity contribution >= 4 is 11.6 Å². The van der Waals surface area contributed by atoms with Crippen LogP contribution in [0, 0.1) is 5.82 Å². The van der Waals surface area contributed by atoms with Crippen LogP contribution in [0.1, 0.15) is 62.5 Å². The highest BCUT2D eigenvalue weighted by Crippen LogP contribution is 2.43. The van der Waals surface area contributed by atoms with Crippen LogP contribution in [0.4, 0.5) is 10.1 Å². The van der Waals surface area contributed by atoms with Crippen LogP contribution in [0.15, 0.2) is 84.9 Å². The van der Waals surface area contributed by atoms with E-state index < -0.39 is 5.79 Å². The molecule has 2 aliphatic heterocycles. The van der Waals surface area contributed by atoms with E-state index in [0.717, 1.165) is 40.2 Å². The van der Waals surface area contributed by atoms with Crippen LogP contribution in [0.2, 0.25) is 0 Å². The Morgan fingerprint density at radius 1 is 0.952 bits per heavy atom. The minimum atomic E-state index is -0.646. The number of amides is 1. The fourth-order valence-electron chi connectivity index (χ4n) is 6.25. The smallest absolute Gasteiger partial charge is 0.258 e. The Bertz CT molecular complexity index is 1530. The van der Waals surface area contributed by atoms with Gasteiger partial charge >= 0.3 is 0 Å². The first-order valence-electron chi connectivity index (χ1n) is 14.7. The third kappa shape index (κ3) is 5.64. The molecule has 0 radical (unpaired) electrons. The van der Waals surface area contributed by atoms with E-state index in [1.54, 1.807) is 12.1 Å². The lowest BCUT2D eigenvalue weighted by molar-refractivity contribution is -0.205. The minimum Gasteiger partial charge on any atom is -0.346 e. The van der Waals surface area contributed by atoms with Gasteiger partial charge < -0.3 is 24.1 Å². The number of benzene rings is 3. The Labute approximate surface area is 246 Å². The molecule has 2 fully saturated rings. The van der Waals surface area contributed by atoms with Crippen molar-refractivity contribution < 1.29 is 23.4 Å². The van der Waals surface area contributed by atoms with E-state index in [1.807, 2.05) is 74.5 Å². The fraction of sp³-hybridized carbons (Fsp3) is 0.343. The van der Waals surface area contributed by atoms with Gasteiger partial charge in [0.05, 0.1) is 17.4 Å². The zero-order valence-corrected chi connectivity index (χ0v) is 24.5. The Balaban J connectivity index is 1.47. The maximum atomic E-state index is 14.2. The van der Waals surface area contributed by atoms with Gasteiger partial charge in [-0.3, -0.25) is 4.79 Å². The first-order valence-corrected chi connectivity index (χ1v) is 14.7. The molecule has 6 nitrogen and oxygen atoms in total. The van der Waals surface area contributed by atoms with Gasteiger partial charge in [-0.25, -0.2) is 4.39 Å². The van der Waals surface area contributed by atoms with Crippen LogP contribution in [0.5, 0.6) is 0 Å². The van der Waals surface area contributed by atoms with Crippen molar-refractivity contribution in [2.24, 2.45) is 0 Å². The van der Waals surface area contributed by atoms with Gasteiger partial charge in [-0.05, 0) is 73.7 Å². The number of aromatic nitrogens is 1. The molecule has 0 spiro atoms. The van der Waals surface area contributed by atoms with Crippen molar-refractivity contribution in [2.75, 3.05) is 5.32 Å². The molecule has 0 aliphatic carbocycles. The van der Waals surface area contributed by atoms with Gasteiger partial charge in [0, 0.05) is 29.9 Å². The molecule has 1 unspecified atom stereocenters. The zero-order chi connectivity index (χ0) is 29.4. The third-order valence-electron chi connectivity index (χ3n) is 7.92. The van der Waals surface area contributed by atoms with Crippen molar-refractivity contribution in [1.82, 2.24) is 4.57 Å². The van der Waals surface area contributed by atoms with E-state index in [0.29, 0.717) is 18.5 Å². The summed E-state index contributed by atoms with van der Waals surface area (Å²) in [4.78, 5) is 14.2. The summed E-state index contributed by atoms with van der Waals surface area (Å²) in [5, 5.41) is 3.13. The zero-order valence-electron chi connectivity index (χ0n) is 24.5. The number of ether oxygens (including phenoxy) is 3. The summed E-state index contributed by atoms with van der Waals surface area (Å²) in [6, 6.07) is 26.0. The molecule has 3 heterocycles. The van der Waals surface area contributed by atoms with E-state index in [9.17, 15) is 9.18 Å². The van der Waals surface area contributed by atoms with E-state index in [2.05, 4.69) is 23.7 Å². The van der Waals surface area contributed by atoms with Gasteiger partial charge in [-0.1, -0.05) is 62.4 Å². The normalized spacial score (nSPS) is 21.0. The number of nitrogens with one attached hydrogen (secondary N) is 1. The molecule has 1 N–H and O–H groups in total. The molecular formula is C35H37FN2O4. The van der Waals surface area contributed by atoms with Gasteiger partial charge in [-0.2, -0.15) is 0 Å². The van der Waals surface area contributed by atoms with E-state index >= 15 is 0 Å². The second-order valence-electron chi connectivity index (χ2n) is 11.8. The average Bonchev–Trinajstić information content (AvgIpc) is 3.59. The van der Waals surface area contributed by atoms with Crippen LogP contribution in [0.25, 0.3) is 22.4 Å². The molecule has 0 saturated carbocycles. The molecule has 2 aliphatic rings. The molecule has 6 rings (SSSR count). The maximum Gasteiger partial charge on any atom is 0.258 e. The number of carbonyl (C=O) groups excluding carboxylic acids is 1. The Hall–Kier alpha value is -3.78. The van der Waals surface area contributed by atoms with Crippen molar-refractivity contribution in [3.8, 4) is 22.4 Å². The van der Waals surface area contributed by atoms with Crippen LogP contribution < -0.4 is 5.32 Å². The number of nitrogens with zero attached hydrogens (tertiary/aromatic N) is 1. The summed E-state index contributed by atoms with van der Waals surface area (Å²) in [5.74, 6) is -1.11. The quantitative estimate of drug-likeness (QED) is 0.234. The molecule has 3 atom stereocenters. The Morgan fingerprint density at radius 2 is 1.62 bits per heavy atom. The van der Waals surface area contributed by atoms with Crippen molar-refractivity contribution in [3.63, 3.8) is 0 Å². The topological polar surface area (TPSA) is 61.7 Å². The third-order valence-corrected chi connectivity index (χ3v) is 7.92. The van der Waals surface area contributed by atoms with Gasteiger partial charge in [0.25, 0.3) is 5.91 Å². The molecule has 3 aromatic carbocycles. The largest absolute Gasteiger partial charge is 0.346 e. The lowest BCUT2D eigenvalue weighted by Crippen LogP contribution is -2.25. The number of anilines is 1. The lowest BCUT2D eigenvalue weighted by Gasteiger charge is -2.22. The Morgan fingerprint density at radius 3 is 2.26 bits per heavy atom. The molecule has 7 heteroatoms. The predicted molar refractivity (Wildman–Crippen MR) is 162 cm³/mol. The van der Waals surface area contributed by atoms with Gasteiger partial charge in [0.15, 0.2) is 12.1 Å². The van der Waals surface area contributed by atoms with E-state index in [4.69, 9.17) is 14.2 Å². The van der Waals surface area contributed by atoms with Crippen LogP contribution >= 0.6 is 0 Å². The molecule has 2 saturated heterocycles. The minimum absolute atomic E-state index is 0.0227. The molecule has 218 valence electrons. The van der Waals surface area contributed by atoms with Crippen LogP contribution in [-0.2, 0) is 20.8 Å². The fourth-order valence-corrected chi connectivity index (χ4v) is 6.25. The number of para-hydroxylation sites is 1. The maximum absolute atomic E-state index is 14.2. The molecular weight excluding hydrogens is 531 g/mol. The first kappa shape index (κ1) is 28.3. The van der Waals surface area contributed by atoms with Gasteiger partial charge in [0.2, 0.25) is 0 Å². The summed E-state index contributed by atoms with van der Waals surface area (Å²) >= 11 is 0. The highest BCUT2D eigenvalue weighted by Gasteiger charge is 2.48. The lowest BCUT2D eigenvalue weighted by atomic mass is 9.94. The van der Waals surface area contributed by atoms with Crippen LogP contribution in [0.3, 0.4) is 0 Å². The summed E-state index contributed by atoms with van der Waals surface area (Å²) in [6.07, 6.45) is 0.925. The number of hydrogen-bond donors (Lipinski definition) is 1. The average molecular weight is 569 g/mol. The molecule has 42 heavy (non-hydrogen) atoms. The van der Waals surface area contributed by atoms with Crippen molar-refractivity contribution in [2.45, 2.75) is 77.3 Å². The number of hydrogen-bond acceptors (Lipinski definition) is 4. The Kier molecular flexibility index (Phi) is 7.75. The molecule has 1 amide bonds. The highest BCUT2D eigenvalue weighted by molar-refractivity contribution is 6.12. The summed E-state index contributed by atoms with van der Waals surface area (Å²) in [7, 11) is 0. The standard InChI is InChI=1S/C35H37FN2O4/c1-22(2)31-30(33(39)37-26-13-9-6-10-14-26)29(23-11-7-5-8-12-23)32(24-15-17-25(36)18-16-24)38(31)20-19-27-21-28-34(40-27)42-35(3,4)41-28/h5-18,22,27-28,34H,19-21H2,1-4H3,(H,37,39)/t27-,28?,34-/m1/s1. The summed E-state index contributed by atoms with van der Waals surface area (Å²) < 4.78 is 34.6. The van der Waals surface area contributed by atoms with Crippen molar-refractivity contribution in [3.05, 3.63) is 102 Å². The molecule has 0 bridgehead atoms. The number of carbonyl (C=O) groups is 1. The first-order chi connectivity index (χ1) is 20.2. The monoisotopic (exact) mass is 568 g/mol. The van der Waals surface area contributed by atoms with E-state index in [1.165, 1.54) is 12.1 Å². The van der Waals surface area contributed by atoms with Crippen LogP contribution in [-0.4, -0.2) is 34.8 Å². The molecule has 1 aromatic heterocycles. The number of rotatable bonds is 8. The summed E-state index contributed by atoms with van der Waals surface area (Å²) in [5.41, 5.74) is 5.75. The number of halogens is 1. The SMILES string of the molecule is CC(C)c1c(C(=O)Nc2ccccc2)c(-c2ccccc2)c(-c2ccc(F)cc2)n1CC[C@@H]1CC2OC(C)(C)O[C@H]2O1. The van der Waals surface area contributed by atoms with Gasteiger partial charge in [-0.15, -0.1) is 0 Å². The van der Waals surface area contributed by atoms with E-state index in [-0.39, 0.29) is 36.1 Å². The second kappa shape index (κ2) is 11.5. The highest BCUT2D eigenvalue weighted by atomic mass is 19.1. The number of fused-ring (bicyclic) bond motifs is 1. The van der Waals surface area contributed by atoms with Crippen molar-refractivity contribution in [1.29, 1.82) is 0 Å². The second-order valence-corrected chi connectivity index (χ2v) is 11.8. The summed E-state index contributed by atoms with van der Waals surface area (Å²) in [6.45, 7) is 8.62. The molecule has 4 aromatic rings.